The second kappa shape index (κ2) is 12.9. The Labute approximate surface area is 196 Å². The maximum Gasteiger partial charge on any atom is 0.228 e. The molecule has 3 aromatic heterocycles. The molecule has 0 radical (unpaired) electrons. The Balaban J connectivity index is 0.00000176. The molecule has 3 aromatic rings. The highest BCUT2D eigenvalue weighted by molar-refractivity contribution is 7.19. The average Bonchev–Trinajstić information content (AvgIpc) is 3.19. The van der Waals surface area contributed by atoms with Gasteiger partial charge in [0.05, 0.1) is 28.1 Å². The molecule has 174 valence electrons. The van der Waals surface area contributed by atoms with Gasteiger partial charge in [0.25, 0.3) is 0 Å². The first-order chi connectivity index (χ1) is 15.5. The molecule has 0 saturated carbocycles. The number of hydrogen-bond donors (Lipinski definition) is 2. The van der Waals surface area contributed by atoms with Crippen LogP contribution < -0.4 is 15.5 Å². The van der Waals surface area contributed by atoms with Gasteiger partial charge in [0, 0.05) is 33.4 Å². The van der Waals surface area contributed by atoms with Gasteiger partial charge in [-0.15, -0.1) is 0 Å². The fraction of sp³-hybridized carbons (Fsp3) is 0.478. The van der Waals surface area contributed by atoms with Crippen molar-refractivity contribution in [2.45, 2.75) is 34.1 Å². The predicted octanol–water partition coefficient (Wildman–Crippen LogP) is 4.89. The monoisotopic (exact) mass is 456 g/mol. The Bertz CT molecular complexity index is 939. The molecule has 0 amide bonds. The standard InChI is InChI=1S/C21H30N8S.C2H6/c1-6-12-29(5)13-11-22-16-7-8-18(24-14-16)27-20-23-10-9-17(26-20)19-15(2)25-21(30-19)28(3)4;1-2/h7-10,14,22H,6,11-13H2,1-5H3,(H,23,24,26,27);1-2H3. The second-order valence-electron chi connectivity index (χ2n) is 7.36. The third kappa shape index (κ3) is 7.42. The maximum absolute atomic E-state index is 4.65. The van der Waals surface area contributed by atoms with Crippen LogP contribution in [-0.4, -0.2) is 65.6 Å². The number of nitrogens with one attached hydrogen (secondary N) is 2. The number of likely N-dealkylation sites (N-methyl/N-ethyl adjacent to an activating group) is 1. The van der Waals surface area contributed by atoms with Crippen molar-refractivity contribution in [1.29, 1.82) is 0 Å². The van der Waals surface area contributed by atoms with E-state index in [1.807, 2.05) is 64.2 Å². The fourth-order valence-electron chi connectivity index (χ4n) is 2.93. The maximum atomic E-state index is 4.65. The number of nitrogens with zero attached hydrogens (tertiary/aromatic N) is 6. The van der Waals surface area contributed by atoms with Crippen molar-refractivity contribution in [3.05, 3.63) is 36.3 Å². The van der Waals surface area contributed by atoms with Crippen molar-refractivity contribution in [3.8, 4) is 10.6 Å². The lowest BCUT2D eigenvalue weighted by Crippen LogP contribution is -2.25. The van der Waals surface area contributed by atoms with E-state index in [-0.39, 0.29) is 0 Å². The van der Waals surface area contributed by atoms with Gasteiger partial charge < -0.3 is 20.4 Å². The van der Waals surface area contributed by atoms with Gasteiger partial charge in [-0.3, -0.25) is 0 Å². The van der Waals surface area contributed by atoms with Gasteiger partial charge in [-0.1, -0.05) is 32.1 Å². The molecule has 0 aliphatic carbocycles. The Morgan fingerprint density at radius 2 is 1.78 bits per heavy atom. The van der Waals surface area contributed by atoms with Crippen molar-refractivity contribution < 1.29 is 0 Å². The van der Waals surface area contributed by atoms with Gasteiger partial charge in [-0.2, -0.15) is 0 Å². The van der Waals surface area contributed by atoms with Crippen molar-refractivity contribution >= 4 is 33.9 Å². The molecule has 3 rings (SSSR count). The van der Waals surface area contributed by atoms with E-state index < -0.39 is 0 Å². The smallest absolute Gasteiger partial charge is 0.228 e. The quantitative estimate of drug-likeness (QED) is 0.446. The molecule has 0 unspecified atom stereocenters. The molecule has 3 heterocycles. The Morgan fingerprint density at radius 1 is 1.00 bits per heavy atom. The minimum Gasteiger partial charge on any atom is -0.383 e. The molecule has 0 aliphatic heterocycles. The summed E-state index contributed by atoms with van der Waals surface area (Å²) >= 11 is 1.62. The first kappa shape index (κ1) is 25.5. The highest BCUT2D eigenvalue weighted by atomic mass is 32.1. The Kier molecular flexibility index (Phi) is 10.3. The summed E-state index contributed by atoms with van der Waals surface area (Å²) in [5, 5.41) is 7.55. The fourth-order valence-corrected chi connectivity index (χ4v) is 3.89. The number of pyridine rings is 1. The molecular formula is C23H36N8S. The summed E-state index contributed by atoms with van der Waals surface area (Å²) in [5.41, 5.74) is 2.81. The van der Waals surface area contributed by atoms with Crippen molar-refractivity contribution in [2.24, 2.45) is 0 Å². The lowest BCUT2D eigenvalue weighted by Gasteiger charge is -2.16. The van der Waals surface area contributed by atoms with Crippen LogP contribution in [0.4, 0.5) is 22.6 Å². The second-order valence-corrected chi connectivity index (χ2v) is 8.34. The topological polar surface area (TPSA) is 82.1 Å². The average molecular weight is 457 g/mol. The van der Waals surface area contributed by atoms with Crippen LogP contribution in [0.1, 0.15) is 32.9 Å². The highest BCUT2D eigenvalue weighted by Crippen LogP contribution is 2.33. The predicted molar refractivity (Wildman–Crippen MR) is 137 cm³/mol. The summed E-state index contributed by atoms with van der Waals surface area (Å²) in [5.74, 6) is 1.22. The van der Waals surface area contributed by atoms with Gasteiger partial charge in [-0.05, 0) is 45.1 Å². The first-order valence-electron chi connectivity index (χ1n) is 11.1. The number of hydrogen-bond acceptors (Lipinski definition) is 9. The minimum absolute atomic E-state index is 0.515. The van der Waals surface area contributed by atoms with Crippen LogP contribution in [-0.2, 0) is 0 Å². The number of thiazole rings is 1. The van der Waals surface area contributed by atoms with Crippen molar-refractivity contribution in [2.75, 3.05) is 56.3 Å². The SMILES string of the molecule is CC.CCCN(C)CCNc1ccc(Nc2nccc(-c3sc(N(C)C)nc3C)n2)nc1. The van der Waals surface area contributed by atoms with Crippen LogP contribution in [0.5, 0.6) is 0 Å². The molecule has 8 nitrogen and oxygen atoms in total. The molecular weight excluding hydrogens is 420 g/mol. The lowest BCUT2D eigenvalue weighted by atomic mass is 10.3. The molecule has 0 saturated heterocycles. The summed E-state index contributed by atoms with van der Waals surface area (Å²) in [7, 11) is 6.12. The molecule has 0 aliphatic rings. The molecule has 9 heteroatoms. The number of aromatic nitrogens is 4. The van der Waals surface area contributed by atoms with Crippen LogP contribution in [0, 0.1) is 6.92 Å². The third-order valence-corrected chi connectivity index (χ3v) is 5.84. The molecule has 0 spiro atoms. The van der Waals surface area contributed by atoms with E-state index >= 15 is 0 Å². The number of rotatable bonds is 10. The van der Waals surface area contributed by atoms with E-state index in [2.05, 4.69) is 49.4 Å². The Hall–Kier alpha value is -2.78. The van der Waals surface area contributed by atoms with Gasteiger partial charge in [0.1, 0.15) is 5.82 Å². The van der Waals surface area contributed by atoms with Crippen LogP contribution in [0.2, 0.25) is 0 Å². The largest absolute Gasteiger partial charge is 0.383 e. The normalized spacial score (nSPS) is 10.5. The summed E-state index contributed by atoms with van der Waals surface area (Å²) in [4.78, 5) is 23.4. The van der Waals surface area contributed by atoms with Gasteiger partial charge >= 0.3 is 0 Å². The van der Waals surface area contributed by atoms with Crippen molar-refractivity contribution in [1.82, 2.24) is 24.8 Å². The van der Waals surface area contributed by atoms with E-state index in [0.29, 0.717) is 11.8 Å². The van der Waals surface area contributed by atoms with E-state index in [9.17, 15) is 0 Å². The molecule has 0 bridgehead atoms. The van der Waals surface area contributed by atoms with Gasteiger partial charge in [-0.25, -0.2) is 19.9 Å². The zero-order valence-electron chi connectivity index (χ0n) is 20.3. The van der Waals surface area contributed by atoms with E-state index in [4.69, 9.17) is 0 Å². The van der Waals surface area contributed by atoms with Crippen LogP contribution in [0.3, 0.4) is 0 Å². The van der Waals surface area contributed by atoms with E-state index in [1.54, 1.807) is 17.5 Å². The van der Waals surface area contributed by atoms with E-state index in [1.165, 1.54) is 6.42 Å². The molecule has 32 heavy (non-hydrogen) atoms. The first-order valence-corrected chi connectivity index (χ1v) is 11.9. The summed E-state index contributed by atoms with van der Waals surface area (Å²) in [6.07, 6.45) is 4.74. The van der Waals surface area contributed by atoms with Crippen LogP contribution >= 0.6 is 11.3 Å². The molecule has 0 fully saturated rings. The summed E-state index contributed by atoms with van der Waals surface area (Å²) in [6.45, 7) is 11.2. The molecule has 2 N–H and O–H groups in total. The van der Waals surface area contributed by atoms with Gasteiger partial charge in [0.15, 0.2) is 5.13 Å². The Morgan fingerprint density at radius 3 is 2.41 bits per heavy atom. The minimum atomic E-state index is 0.515. The van der Waals surface area contributed by atoms with E-state index in [0.717, 1.165) is 46.7 Å². The van der Waals surface area contributed by atoms with Crippen LogP contribution in [0.15, 0.2) is 30.6 Å². The summed E-state index contributed by atoms with van der Waals surface area (Å²) < 4.78 is 0. The lowest BCUT2D eigenvalue weighted by molar-refractivity contribution is 0.348. The number of anilines is 4. The highest BCUT2D eigenvalue weighted by Gasteiger charge is 2.13. The summed E-state index contributed by atoms with van der Waals surface area (Å²) in [6, 6.07) is 5.84. The third-order valence-electron chi connectivity index (χ3n) is 4.49. The molecule has 0 atom stereocenters. The van der Waals surface area contributed by atoms with Gasteiger partial charge in [0.2, 0.25) is 5.95 Å². The van der Waals surface area contributed by atoms with Crippen molar-refractivity contribution in [3.63, 3.8) is 0 Å². The zero-order chi connectivity index (χ0) is 23.5. The zero-order valence-corrected chi connectivity index (χ0v) is 21.1. The van der Waals surface area contributed by atoms with Crippen LogP contribution in [0.25, 0.3) is 10.6 Å². The molecule has 0 aromatic carbocycles. The number of aryl methyl sites for hydroxylation is 1.